The highest BCUT2D eigenvalue weighted by molar-refractivity contribution is 5.92. The number of aryl methyl sites for hydroxylation is 2. The fourth-order valence-corrected chi connectivity index (χ4v) is 3.45. The molecule has 1 nitrogen and oxygen atoms in total. The number of hydrogen-bond acceptors (Lipinski definition) is 0. The van der Waals surface area contributed by atoms with Gasteiger partial charge in [0.2, 0.25) is 0 Å². The smallest absolute Gasteiger partial charge is 0.0500 e. The molecule has 106 valence electrons. The second-order valence-electron chi connectivity index (χ2n) is 7.15. The zero-order valence-electron chi connectivity index (χ0n) is 13.0. The van der Waals surface area contributed by atoms with E-state index in [4.69, 9.17) is 0 Å². The Balaban J connectivity index is 1.98. The molecule has 0 radical (unpaired) electrons. The molecule has 0 saturated carbocycles. The monoisotopic (exact) mass is 275 g/mol. The molecule has 1 N–H and O–H groups in total. The predicted molar refractivity (Wildman–Crippen MR) is 89.8 cm³/mol. The van der Waals surface area contributed by atoms with E-state index in [1.165, 1.54) is 38.9 Å². The molecule has 0 unspecified atom stereocenters. The summed E-state index contributed by atoms with van der Waals surface area (Å²) in [6.07, 6.45) is 2.29. The average molecular weight is 275 g/mol. The van der Waals surface area contributed by atoms with Crippen molar-refractivity contribution in [2.45, 2.75) is 39.0 Å². The Labute approximate surface area is 126 Å². The number of aromatic amines is 1. The van der Waals surface area contributed by atoms with Gasteiger partial charge in [0, 0.05) is 22.2 Å². The lowest BCUT2D eigenvalue weighted by atomic mass is 9.85. The molecule has 0 bridgehead atoms. The van der Waals surface area contributed by atoms with Gasteiger partial charge in [0.05, 0.1) is 0 Å². The van der Waals surface area contributed by atoms with E-state index >= 15 is 0 Å². The van der Waals surface area contributed by atoms with Crippen molar-refractivity contribution in [1.82, 2.24) is 4.98 Å². The fraction of sp³-hybridized carbons (Fsp3) is 0.300. The first kappa shape index (κ1) is 12.7. The SMILES string of the molecule is CC(C)(C)c1ccc2[nH]c3c(c2c1)CCc1ccccc1-3. The topological polar surface area (TPSA) is 15.8 Å². The second-order valence-corrected chi connectivity index (χ2v) is 7.15. The minimum absolute atomic E-state index is 0.199. The molecule has 0 spiro atoms. The van der Waals surface area contributed by atoms with Crippen LogP contribution in [0.4, 0.5) is 0 Å². The van der Waals surface area contributed by atoms with Crippen LogP contribution < -0.4 is 0 Å². The molecule has 4 rings (SSSR count). The fourth-order valence-electron chi connectivity index (χ4n) is 3.45. The second kappa shape index (κ2) is 4.24. The summed E-state index contributed by atoms with van der Waals surface area (Å²) in [7, 11) is 0. The van der Waals surface area contributed by atoms with Gasteiger partial charge in [0.1, 0.15) is 0 Å². The van der Waals surface area contributed by atoms with Crippen LogP contribution in [0.15, 0.2) is 42.5 Å². The minimum atomic E-state index is 0.199. The third-order valence-corrected chi connectivity index (χ3v) is 4.70. The highest BCUT2D eigenvalue weighted by Crippen LogP contribution is 2.38. The summed E-state index contributed by atoms with van der Waals surface area (Å²) in [5, 5.41) is 1.41. The minimum Gasteiger partial charge on any atom is -0.354 e. The molecule has 3 aromatic rings. The van der Waals surface area contributed by atoms with Crippen LogP contribution in [0.1, 0.15) is 37.5 Å². The third-order valence-electron chi connectivity index (χ3n) is 4.70. The van der Waals surface area contributed by atoms with Gasteiger partial charge in [-0.15, -0.1) is 0 Å². The van der Waals surface area contributed by atoms with Gasteiger partial charge in [-0.25, -0.2) is 0 Å². The third kappa shape index (κ3) is 1.91. The molecular formula is C20H21N. The molecular weight excluding hydrogens is 254 g/mol. The summed E-state index contributed by atoms with van der Waals surface area (Å²) in [5.74, 6) is 0. The molecule has 0 amide bonds. The van der Waals surface area contributed by atoms with Crippen LogP contribution in [0.2, 0.25) is 0 Å². The maximum Gasteiger partial charge on any atom is 0.0500 e. The van der Waals surface area contributed by atoms with E-state index in [2.05, 4.69) is 68.2 Å². The van der Waals surface area contributed by atoms with Crippen LogP contribution in [-0.4, -0.2) is 4.98 Å². The van der Waals surface area contributed by atoms with E-state index in [0.29, 0.717) is 0 Å². The molecule has 21 heavy (non-hydrogen) atoms. The van der Waals surface area contributed by atoms with Crippen LogP contribution in [0.3, 0.4) is 0 Å². The van der Waals surface area contributed by atoms with Gasteiger partial charge in [-0.05, 0) is 47.1 Å². The predicted octanol–water partition coefficient (Wildman–Crippen LogP) is 5.23. The lowest BCUT2D eigenvalue weighted by molar-refractivity contribution is 0.591. The summed E-state index contributed by atoms with van der Waals surface area (Å²) in [5.41, 5.74) is 8.55. The van der Waals surface area contributed by atoms with Crippen LogP contribution >= 0.6 is 0 Å². The van der Waals surface area contributed by atoms with Crippen LogP contribution in [0, 0.1) is 0 Å². The van der Waals surface area contributed by atoms with E-state index in [-0.39, 0.29) is 5.41 Å². The van der Waals surface area contributed by atoms with Crippen molar-refractivity contribution < 1.29 is 0 Å². The highest BCUT2D eigenvalue weighted by Gasteiger charge is 2.21. The zero-order chi connectivity index (χ0) is 14.6. The number of fused-ring (bicyclic) bond motifs is 5. The molecule has 0 saturated heterocycles. The highest BCUT2D eigenvalue weighted by atomic mass is 14.7. The summed E-state index contributed by atoms with van der Waals surface area (Å²) >= 11 is 0. The van der Waals surface area contributed by atoms with Gasteiger partial charge in [0.25, 0.3) is 0 Å². The number of aromatic nitrogens is 1. The summed E-state index contributed by atoms with van der Waals surface area (Å²) in [4.78, 5) is 3.65. The van der Waals surface area contributed by atoms with Gasteiger partial charge in [-0.2, -0.15) is 0 Å². The summed E-state index contributed by atoms with van der Waals surface area (Å²) < 4.78 is 0. The molecule has 1 aliphatic rings. The molecule has 0 aliphatic heterocycles. The van der Waals surface area contributed by atoms with E-state index in [1.807, 2.05) is 0 Å². The largest absolute Gasteiger partial charge is 0.354 e. The van der Waals surface area contributed by atoms with Gasteiger partial charge in [0.15, 0.2) is 0 Å². The number of hydrogen-bond donors (Lipinski definition) is 1. The molecule has 1 aromatic heterocycles. The van der Waals surface area contributed by atoms with E-state index in [0.717, 1.165) is 12.8 Å². The summed E-state index contributed by atoms with van der Waals surface area (Å²) in [6.45, 7) is 6.84. The Kier molecular flexibility index (Phi) is 2.56. The molecule has 2 aromatic carbocycles. The van der Waals surface area contributed by atoms with Crippen LogP contribution in [-0.2, 0) is 18.3 Å². The van der Waals surface area contributed by atoms with Gasteiger partial charge in [-0.1, -0.05) is 51.1 Å². The van der Waals surface area contributed by atoms with Gasteiger partial charge in [-0.3, -0.25) is 0 Å². The number of benzene rings is 2. The summed E-state index contributed by atoms with van der Waals surface area (Å²) in [6, 6.07) is 15.7. The molecule has 0 atom stereocenters. The normalized spacial score (nSPS) is 14.0. The van der Waals surface area contributed by atoms with Crippen molar-refractivity contribution in [2.75, 3.05) is 0 Å². The Bertz CT molecular complexity index is 831. The van der Waals surface area contributed by atoms with Crippen molar-refractivity contribution in [3.05, 3.63) is 59.2 Å². The lowest BCUT2D eigenvalue weighted by Gasteiger charge is -2.19. The van der Waals surface area contributed by atoms with Crippen molar-refractivity contribution >= 4 is 10.9 Å². The van der Waals surface area contributed by atoms with Crippen LogP contribution in [0.5, 0.6) is 0 Å². The van der Waals surface area contributed by atoms with E-state index in [9.17, 15) is 0 Å². The van der Waals surface area contributed by atoms with Gasteiger partial charge >= 0.3 is 0 Å². The first-order chi connectivity index (χ1) is 10.0. The van der Waals surface area contributed by atoms with E-state index < -0.39 is 0 Å². The molecule has 1 heterocycles. The average Bonchev–Trinajstić information content (AvgIpc) is 2.84. The lowest BCUT2D eigenvalue weighted by Crippen LogP contribution is -2.10. The first-order valence-electron chi connectivity index (χ1n) is 7.77. The van der Waals surface area contributed by atoms with Crippen LogP contribution in [0.25, 0.3) is 22.2 Å². The van der Waals surface area contributed by atoms with E-state index in [1.54, 1.807) is 0 Å². The van der Waals surface area contributed by atoms with Gasteiger partial charge < -0.3 is 4.98 Å². The standard InChI is InChI=1S/C20H21N/c1-20(2,3)14-9-11-18-17(12-14)16-10-8-13-6-4-5-7-15(13)19(16)21-18/h4-7,9,11-12,21H,8,10H2,1-3H3. The van der Waals surface area contributed by atoms with Crippen molar-refractivity contribution in [3.63, 3.8) is 0 Å². The molecule has 1 heteroatoms. The number of H-pyrrole nitrogens is 1. The number of nitrogens with one attached hydrogen (secondary N) is 1. The Morgan fingerprint density at radius 1 is 0.952 bits per heavy atom. The first-order valence-corrected chi connectivity index (χ1v) is 7.77. The van der Waals surface area contributed by atoms with Crippen molar-refractivity contribution in [3.8, 4) is 11.3 Å². The Hall–Kier alpha value is -2.02. The quantitative estimate of drug-likeness (QED) is 0.578. The Morgan fingerprint density at radius 2 is 1.76 bits per heavy atom. The number of rotatable bonds is 0. The zero-order valence-corrected chi connectivity index (χ0v) is 13.0. The van der Waals surface area contributed by atoms with Crippen molar-refractivity contribution in [2.24, 2.45) is 0 Å². The van der Waals surface area contributed by atoms with Crippen molar-refractivity contribution in [1.29, 1.82) is 0 Å². The molecule has 1 aliphatic carbocycles. The maximum atomic E-state index is 3.65. The maximum absolute atomic E-state index is 3.65. The molecule has 0 fully saturated rings. The Morgan fingerprint density at radius 3 is 2.57 bits per heavy atom.